The first-order valence-corrected chi connectivity index (χ1v) is 4.41. The van der Waals surface area contributed by atoms with E-state index in [0.717, 1.165) is 19.8 Å². The van der Waals surface area contributed by atoms with Crippen molar-refractivity contribution in [3.8, 4) is 6.07 Å². The van der Waals surface area contributed by atoms with Gasteiger partial charge in [0.05, 0.1) is 19.2 Å². The number of ether oxygens (including phenoxy) is 1. The molecule has 12 heavy (non-hydrogen) atoms. The fourth-order valence-corrected chi connectivity index (χ4v) is 0.937. The molecular weight excluding hydrogens is 152 g/mol. The van der Waals surface area contributed by atoms with Crippen molar-refractivity contribution < 1.29 is 4.74 Å². The minimum Gasteiger partial charge on any atom is -0.380 e. The standard InChI is InChI=1S/C9H18N2O/c1-4-12-8-7-11(6-5-10)9(2)3/h9H,4,6-8H2,1-3H3. The van der Waals surface area contributed by atoms with Crippen LogP contribution in [0.25, 0.3) is 0 Å². The van der Waals surface area contributed by atoms with E-state index in [2.05, 4.69) is 24.8 Å². The van der Waals surface area contributed by atoms with Gasteiger partial charge < -0.3 is 4.74 Å². The topological polar surface area (TPSA) is 36.3 Å². The first-order chi connectivity index (χ1) is 5.72. The second-order valence-corrected chi connectivity index (χ2v) is 2.92. The second-order valence-electron chi connectivity index (χ2n) is 2.92. The van der Waals surface area contributed by atoms with Gasteiger partial charge in [-0.05, 0) is 20.8 Å². The highest BCUT2D eigenvalue weighted by Gasteiger charge is 2.07. The molecule has 0 unspecified atom stereocenters. The Morgan fingerprint density at radius 2 is 2.17 bits per heavy atom. The van der Waals surface area contributed by atoms with Gasteiger partial charge in [-0.1, -0.05) is 0 Å². The van der Waals surface area contributed by atoms with Gasteiger partial charge in [-0.2, -0.15) is 5.26 Å². The van der Waals surface area contributed by atoms with Gasteiger partial charge in [-0.15, -0.1) is 0 Å². The Kier molecular flexibility index (Phi) is 6.73. The van der Waals surface area contributed by atoms with Gasteiger partial charge in [-0.25, -0.2) is 0 Å². The molecule has 70 valence electrons. The molecule has 0 aliphatic carbocycles. The highest BCUT2D eigenvalue weighted by molar-refractivity contribution is 4.78. The summed E-state index contributed by atoms with van der Waals surface area (Å²) in [6.45, 7) is 8.95. The van der Waals surface area contributed by atoms with Crippen molar-refractivity contribution in [1.29, 1.82) is 5.26 Å². The van der Waals surface area contributed by atoms with Crippen LogP contribution in [0.1, 0.15) is 20.8 Å². The van der Waals surface area contributed by atoms with Gasteiger partial charge in [0.1, 0.15) is 0 Å². The molecule has 0 aliphatic rings. The van der Waals surface area contributed by atoms with Crippen molar-refractivity contribution in [2.24, 2.45) is 0 Å². The van der Waals surface area contributed by atoms with Gasteiger partial charge in [0, 0.05) is 19.2 Å². The SMILES string of the molecule is CCOCCN(CC#N)C(C)C. The zero-order valence-corrected chi connectivity index (χ0v) is 8.21. The predicted octanol–water partition coefficient (Wildman–Crippen LogP) is 1.26. The van der Waals surface area contributed by atoms with E-state index in [1.165, 1.54) is 0 Å². The maximum atomic E-state index is 8.51. The van der Waals surface area contributed by atoms with E-state index in [9.17, 15) is 0 Å². The van der Waals surface area contributed by atoms with Crippen molar-refractivity contribution in [2.45, 2.75) is 26.8 Å². The first-order valence-electron chi connectivity index (χ1n) is 4.41. The molecule has 0 saturated heterocycles. The van der Waals surface area contributed by atoms with Crippen LogP contribution in [0, 0.1) is 11.3 Å². The van der Waals surface area contributed by atoms with E-state index < -0.39 is 0 Å². The molecule has 0 rings (SSSR count). The van der Waals surface area contributed by atoms with Crippen LogP contribution in [-0.2, 0) is 4.74 Å². The zero-order chi connectivity index (χ0) is 9.40. The number of hydrogen-bond acceptors (Lipinski definition) is 3. The number of hydrogen-bond donors (Lipinski definition) is 0. The molecule has 0 radical (unpaired) electrons. The fourth-order valence-electron chi connectivity index (χ4n) is 0.937. The minimum absolute atomic E-state index is 0.421. The lowest BCUT2D eigenvalue weighted by molar-refractivity contribution is 0.107. The molecule has 0 amide bonds. The third-order valence-electron chi connectivity index (χ3n) is 1.73. The smallest absolute Gasteiger partial charge is 0.0868 e. The molecule has 0 aromatic rings. The number of nitriles is 1. The molecule has 3 heteroatoms. The van der Waals surface area contributed by atoms with Crippen LogP contribution in [0.4, 0.5) is 0 Å². The summed E-state index contributed by atoms with van der Waals surface area (Å²) in [7, 11) is 0. The van der Waals surface area contributed by atoms with Crippen LogP contribution in [0.2, 0.25) is 0 Å². The lowest BCUT2D eigenvalue weighted by atomic mass is 10.3. The van der Waals surface area contributed by atoms with Gasteiger partial charge in [0.15, 0.2) is 0 Å². The van der Waals surface area contributed by atoms with E-state index >= 15 is 0 Å². The molecule has 0 aliphatic heterocycles. The molecule has 0 aromatic carbocycles. The predicted molar refractivity (Wildman–Crippen MR) is 48.8 cm³/mol. The van der Waals surface area contributed by atoms with Crippen molar-refractivity contribution in [3.63, 3.8) is 0 Å². The van der Waals surface area contributed by atoms with Crippen molar-refractivity contribution >= 4 is 0 Å². The second kappa shape index (κ2) is 7.08. The maximum absolute atomic E-state index is 8.51. The van der Waals surface area contributed by atoms with E-state index in [1.54, 1.807) is 0 Å². The van der Waals surface area contributed by atoms with Crippen LogP contribution in [0.3, 0.4) is 0 Å². The molecule has 0 saturated carbocycles. The molecule has 0 spiro atoms. The van der Waals surface area contributed by atoms with Crippen molar-refractivity contribution in [3.05, 3.63) is 0 Å². The molecular formula is C9H18N2O. The zero-order valence-electron chi connectivity index (χ0n) is 8.21. The number of rotatable bonds is 6. The summed E-state index contributed by atoms with van der Waals surface area (Å²) in [5, 5.41) is 8.51. The van der Waals surface area contributed by atoms with Crippen molar-refractivity contribution in [2.75, 3.05) is 26.3 Å². The Morgan fingerprint density at radius 1 is 1.50 bits per heavy atom. The fraction of sp³-hybridized carbons (Fsp3) is 0.889. The van der Waals surface area contributed by atoms with Crippen molar-refractivity contribution in [1.82, 2.24) is 4.90 Å². The molecule has 0 atom stereocenters. The molecule has 0 bridgehead atoms. The van der Waals surface area contributed by atoms with E-state index in [4.69, 9.17) is 10.00 Å². The highest BCUT2D eigenvalue weighted by Crippen LogP contribution is 1.96. The Bertz CT molecular complexity index is 140. The van der Waals surface area contributed by atoms with Crippen LogP contribution < -0.4 is 0 Å². The highest BCUT2D eigenvalue weighted by atomic mass is 16.5. The Morgan fingerprint density at radius 3 is 2.58 bits per heavy atom. The maximum Gasteiger partial charge on any atom is 0.0868 e. The van der Waals surface area contributed by atoms with Crippen LogP contribution in [0.15, 0.2) is 0 Å². The van der Waals surface area contributed by atoms with E-state index in [0.29, 0.717) is 12.6 Å². The summed E-state index contributed by atoms with van der Waals surface area (Å²) in [5.74, 6) is 0. The molecule has 0 aromatic heterocycles. The number of nitrogens with zero attached hydrogens (tertiary/aromatic N) is 2. The quantitative estimate of drug-likeness (QED) is 0.444. The minimum atomic E-state index is 0.421. The first kappa shape index (κ1) is 11.4. The summed E-state index contributed by atoms with van der Waals surface area (Å²) in [5.41, 5.74) is 0. The third kappa shape index (κ3) is 5.11. The van der Waals surface area contributed by atoms with E-state index in [1.807, 2.05) is 6.92 Å². The van der Waals surface area contributed by atoms with Gasteiger partial charge >= 0.3 is 0 Å². The molecule has 0 N–H and O–H groups in total. The van der Waals surface area contributed by atoms with E-state index in [-0.39, 0.29) is 0 Å². The Labute approximate surface area is 74.9 Å². The normalized spacial score (nSPS) is 10.7. The summed E-state index contributed by atoms with van der Waals surface area (Å²) in [6, 6.07) is 2.57. The third-order valence-corrected chi connectivity index (χ3v) is 1.73. The molecule has 0 fully saturated rings. The van der Waals surface area contributed by atoms with Crippen LogP contribution in [0.5, 0.6) is 0 Å². The largest absolute Gasteiger partial charge is 0.380 e. The van der Waals surface area contributed by atoms with Gasteiger partial charge in [0.2, 0.25) is 0 Å². The van der Waals surface area contributed by atoms with Crippen LogP contribution >= 0.6 is 0 Å². The lowest BCUT2D eigenvalue weighted by Crippen LogP contribution is -2.34. The monoisotopic (exact) mass is 170 g/mol. The average molecular weight is 170 g/mol. The van der Waals surface area contributed by atoms with Gasteiger partial charge in [0.25, 0.3) is 0 Å². The molecule has 3 nitrogen and oxygen atoms in total. The Balaban J connectivity index is 3.58. The van der Waals surface area contributed by atoms with Gasteiger partial charge in [-0.3, -0.25) is 4.90 Å². The summed E-state index contributed by atoms with van der Waals surface area (Å²) in [6.07, 6.45) is 0. The lowest BCUT2D eigenvalue weighted by Gasteiger charge is -2.22. The Hall–Kier alpha value is -0.590. The summed E-state index contributed by atoms with van der Waals surface area (Å²) in [4.78, 5) is 2.09. The van der Waals surface area contributed by atoms with Crippen LogP contribution in [-0.4, -0.2) is 37.2 Å². The molecule has 0 heterocycles. The summed E-state index contributed by atoms with van der Waals surface area (Å²) >= 11 is 0. The summed E-state index contributed by atoms with van der Waals surface area (Å²) < 4.78 is 5.21. The average Bonchev–Trinajstić information content (AvgIpc) is 2.03.